The molecule has 18 heavy (non-hydrogen) atoms. The lowest BCUT2D eigenvalue weighted by Gasteiger charge is -2.02. The van der Waals surface area contributed by atoms with Crippen LogP contribution in [0.3, 0.4) is 0 Å². The van der Waals surface area contributed by atoms with Gasteiger partial charge in [0, 0.05) is 7.05 Å². The molecule has 5 heteroatoms. The van der Waals surface area contributed by atoms with E-state index in [-0.39, 0.29) is 0 Å². The van der Waals surface area contributed by atoms with Crippen LogP contribution in [0.1, 0.15) is 18.2 Å². The minimum atomic E-state index is -4.40. The van der Waals surface area contributed by atoms with Gasteiger partial charge in [-0.2, -0.15) is 18.3 Å². The predicted octanol–water partition coefficient (Wildman–Crippen LogP) is 3.67. The zero-order valence-corrected chi connectivity index (χ0v) is 10.1. The molecule has 1 heterocycles. The van der Waals surface area contributed by atoms with Gasteiger partial charge in [-0.1, -0.05) is 31.2 Å². The minimum absolute atomic E-state index is 0.463. The minimum Gasteiger partial charge on any atom is -0.267 e. The van der Waals surface area contributed by atoms with Crippen LogP contribution in [0.25, 0.3) is 11.3 Å². The molecular weight excluding hydrogens is 241 g/mol. The Morgan fingerprint density at radius 2 is 1.78 bits per heavy atom. The van der Waals surface area contributed by atoms with Crippen LogP contribution >= 0.6 is 0 Å². The third-order valence-electron chi connectivity index (χ3n) is 2.83. The van der Waals surface area contributed by atoms with Gasteiger partial charge in [-0.15, -0.1) is 0 Å². The van der Waals surface area contributed by atoms with Crippen molar-refractivity contribution in [3.63, 3.8) is 0 Å². The Bertz CT molecular complexity index is 538. The fraction of sp³-hybridized carbons (Fsp3) is 0.308. The van der Waals surface area contributed by atoms with Crippen LogP contribution in [0.2, 0.25) is 0 Å². The van der Waals surface area contributed by atoms with Gasteiger partial charge in [0.1, 0.15) is 0 Å². The van der Waals surface area contributed by atoms with E-state index in [4.69, 9.17) is 0 Å². The Balaban J connectivity index is 2.41. The van der Waals surface area contributed by atoms with E-state index in [1.54, 1.807) is 0 Å². The first-order valence-corrected chi connectivity index (χ1v) is 5.62. The summed E-state index contributed by atoms with van der Waals surface area (Å²) in [5, 5.41) is 3.49. The zero-order chi connectivity index (χ0) is 13.3. The maximum absolute atomic E-state index is 12.5. The third kappa shape index (κ3) is 2.39. The second kappa shape index (κ2) is 4.48. The second-order valence-electron chi connectivity index (χ2n) is 4.09. The summed E-state index contributed by atoms with van der Waals surface area (Å²) in [6.45, 7) is 2.03. The quantitative estimate of drug-likeness (QED) is 0.799. The van der Waals surface area contributed by atoms with Crippen LogP contribution in [0.15, 0.2) is 30.3 Å². The number of halogens is 3. The van der Waals surface area contributed by atoms with E-state index in [0.717, 1.165) is 23.6 Å². The van der Waals surface area contributed by atoms with Crippen molar-refractivity contribution in [2.24, 2.45) is 7.05 Å². The van der Waals surface area contributed by atoms with Crippen LogP contribution in [0.5, 0.6) is 0 Å². The number of nitrogens with zero attached hydrogens (tertiary/aromatic N) is 2. The number of benzene rings is 1. The number of hydrogen-bond acceptors (Lipinski definition) is 1. The summed E-state index contributed by atoms with van der Waals surface area (Å²) in [5.74, 6) is 0. The molecule has 0 unspecified atom stereocenters. The van der Waals surface area contributed by atoms with Crippen molar-refractivity contribution in [3.05, 3.63) is 41.6 Å². The molecule has 2 rings (SSSR count). The molecule has 2 aromatic rings. The highest BCUT2D eigenvalue weighted by atomic mass is 19.4. The predicted molar refractivity (Wildman–Crippen MR) is 63.0 cm³/mol. The summed E-state index contributed by atoms with van der Waals surface area (Å²) in [4.78, 5) is 0. The van der Waals surface area contributed by atoms with Crippen molar-refractivity contribution in [1.29, 1.82) is 0 Å². The van der Waals surface area contributed by atoms with Crippen molar-refractivity contribution in [2.45, 2.75) is 19.5 Å². The fourth-order valence-electron chi connectivity index (χ4n) is 1.79. The van der Waals surface area contributed by atoms with Crippen LogP contribution in [-0.2, 0) is 19.6 Å². The first kappa shape index (κ1) is 12.7. The molecule has 0 amide bonds. The van der Waals surface area contributed by atoms with E-state index in [9.17, 15) is 13.2 Å². The van der Waals surface area contributed by atoms with E-state index in [1.807, 2.05) is 31.2 Å². The lowest BCUT2D eigenvalue weighted by atomic mass is 10.1. The monoisotopic (exact) mass is 254 g/mol. The first-order chi connectivity index (χ1) is 8.41. The third-order valence-corrected chi connectivity index (χ3v) is 2.83. The number of aromatic nitrogens is 2. The SMILES string of the molecule is CCc1ccc(-c2cc(C(F)(F)F)nn2C)cc1. The highest BCUT2D eigenvalue weighted by molar-refractivity contribution is 5.60. The summed E-state index contributed by atoms with van der Waals surface area (Å²) in [6.07, 6.45) is -3.50. The number of aryl methyl sites for hydroxylation is 2. The average molecular weight is 254 g/mol. The Labute approximate surface area is 103 Å². The molecular formula is C13H13F3N2. The topological polar surface area (TPSA) is 17.8 Å². The summed E-state index contributed by atoms with van der Waals surface area (Å²) < 4.78 is 38.9. The maximum atomic E-state index is 12.5. The molecule has 0 aliphatic rings. The van der Waals surface area contributed by atoms with E-state index < -0.39 is 11.9 Å². The Kier molecular flexibility index (Phi) is 3.15. The summed E-state index contributed by atoms with van der Waals surface area (Å²) in [6, 6.07) is 8.53. The lowest BCUT2D eigenvalue weighted by Crippen LogP contribution is -2.06. The van der Waals surface area contributed by atoms with Gasteiger partial charge < -0.3 is 0 Å². The van der Waals surface area contributed by atoms with Crippen LogP contribution in [-0.4, -0.2) is 9.78 Å². The van der Waals surface area contributed by atoms with Crippen molar-refractivity contribution in [3.8, 4) is 11.3 Å². The van der Waals surface area contributed by atoms with Crippen LogP contribution in [0.4, 0.5) is 13.2 Å². The van der Waals surface area contributed by atoms with E-state index in [2.05, 4.69) is 5.10 Å². The van der Waals surface area contributed by atoms with Crippen LogP contribution < -0.4 is 0 Å². The molecule has 0 aliphatic heterocycles. The van der Waals surface area contributed by atoms with E-state index in [1.165, 1.54) is 11.7 Å². The van der Waals surface area contributed by atoms with Gasteiger partial charge >= 0.3 is 6.18 Å². The standard InChI is InChI=1S/C13H13F3N2/c1-3-9-4-6-10(7-5-9)11-8-12(13(14,15)16)17-18(11)2/h4-8H,3H2,1-2H3. The summed E-state index contributed by atoms with van der Waals surface area (Å²) in [5.41, 5.74) is 1.49. The normalized spacial score (nSPS) is 11.8. The van der Waals surface area contributed by atoms with E-state index >= 15 is 0 Å². The number of rotatable bonds is 2. The molecule has 1 aromatic carbocycles. The zero-order valence-electron chi connectivity index (χ0n) is 10.1. The van der Waals surface area contributed by atoms with Crippen molar-refractivity contribution in [1.82, 2.24) is 9.78 Å². The number of hydrogen-bond donors (Lipinski definition) is 0. The Morgan fingerprint density at radius 3 is 2.22 bits per heavy atom. The fourth-order valence-corrected chi connectivity index (χ4v) is 1.79. The molecule has 0 aliphatic carbocycles. The van der Waals surface area contributed by atoms with Gasteiger partial charge in [-0.05, 0) is 23.6 Å². The number of alkyl halides is 3. The van der Waals surface area contributed by atoms with Crippen LogP contribution in [0, 0.1) is 0 Å². The second-order valence-corrected chi connectivity index (χ2v) is 4.09. The van der Waals surface area contributed by atoms with E-state index in [0.29, 0.717) is 5.69 Å². The molecule has 0 spiro atoms. The van der Waals surface area contributed by atoms with Gasteiger partial charge in [-0.3, -0.25) is 4.68 Å². The molecule has 96 valence electrons. The summed E-state index contributed by atoms with van der Waals surface area (Å²) in [7, 11) is 1.51. The lowest BCUT2D eigenvalue weighted by molar-refractivity contribution is -0.141. The molecule has 0 saturated carbocycles. The first-order valence-electron chi connectivity index (χ1n) is 5.62. The average Bonchev–Trinajstić information content (AvgIpc) is 2.71. The molecule has 2 nitrogen and oxygen atoms in total. The molecule has 0 N–H and O–H groups in total. The van der Waals surface area contributed by atoms with Gasteiger partial charge in [0.05, 0.1) is 5.69 Å². The Hall–Kier alpha value is -1.78. The molecule has 0 radical (unpaired) electrons. The van der Waals surface area contributed by atoms with Crippen molar-refractivity contribution in [2.75, 3.05) is 0 Å². The molecule has 1 aromatic heterocycles. The smallest absolute Gasteiger partial charge is 0.267 e. The van der Waals surface area contributed by atoms with Crippen molar-refractivity contribution >= 4 is 0 Å². The maximum Gasteiger partial charge on any atom is 0.435 e. The highest BCUT2D eigenvalue weighted by Crippen LogP contribution is 2.31. The van der Waals surface area contributed by atoms with Crippen molar-refractivity contribution < 1.29 is 13.2 Å². The van der Waals surface area contributed by atoms with Gasteiger partial charge in [-0.25, -0.2) is 0 Å². The molecule has 0 fully saturated rings. The molecule has 0 bridgehead atoms. The Morgan fingerprint density at radius 1 is 1.17 bits per heavy atom. The highest BCUT2D eigenvalue weighted by Gasteiger charge is 2.34. The van der Waals surface area contributed by atoms with Gasteiger partial charge in [0.2, 0.25) is 0 Å². The molecule has 0 atom stereocenters. The largest absolute Gasteiger partial charge is 0.435 e. The van der Waals surface area contributed by atoms with Gasteiger partial charge in [0.25, 0.3) is 0 Å². The van der Waals surface area contributed by atoms with Gasteiger partial charge in [0.15, 0.2) is 5.69 Å². The molecule has 0 saturated heterocycles. The summed E-state index contributed by atoms with van der Waals surface area (Å²) >= 11 is 0.